The minimum absolute atomic E-state index is 0.309. The predicted molar refractivity (Wildman–Crippen MR) is 60.3 cm³/mol. The fourth-order valence-electron chi connectivity index (χ4n) is 1.95. The van der Waals surface area contributed by atoms with Crippen LogP contribution in [0.25, 0.3) is 0 Å². The second-order valence-electron chi connectivity index (χ2n) is 3.82. The van der Waals surface area contributed by atoms with Gasteiger partial charge in [-0.3, -0.25) is 0 Å². The van der Waals surface area contributed by atoms with Gasteiger partial charge < -0.3 is 20.1 Å². The molecule has 1 saturated heterocycles. The van der Waals surface area contributed by atoms with Gasteiger partial charge in [-0.05, 0) is 6.26 Å². The van der Waals surface area contributed by atoms with Gasteiger partial charge in [0.15, 0.2) is 0 Å². The van der Waals surface area contributed by atoms with E-state index in [4.69, 9.17) is 9.84 Å². The van der Waals surface area contributed by atoms with Crippen LogP contribution in [0.3, 0.4) is 0 Å². The summed E-state index contributed by atoms with van der Waals surface area (Å²) in [5.74, 6) is 0. The fourth-order valence-corrected chi connectivity index (χ4v) is 2.65. The van der Waals surface area contributed by atoms with Gasteiger partial charge in [0.1, 0.15) is 29.8 Å². The molecule has 2 heterocycles. The molecule has 8 heteroatoms. The quantitative estimate of drug-likeness (QED) is 0.616. The van der Waals surface area contributed by atoms with Crippen LogP contribution >= 0.6 is 11.8 Å². The Labute approximate surface area is 102 Å². The highest BCUT2D eigenvalue weighted by molar-refractivity contribution is 7.99. The molecule has 0 radical (unpaired) electrons. The van der Waals surface area contributed by atoms with E-state index in [1.54, 1.807) is 12.5 Å². The zero-order valence-corrected chi connectivity index (χ0v) is 10.1. The SMILES string of the molecule is CSC1O[C@H](CO)[C@H](O)[C@H](n2ccnn2)[C@H]1O. The maximum atomic E-state index is 10.1. The van der Waals surface area contributed by atoms with Gasteiger partial charge in [-0.1, -0.05) is 5.21 Å². The van der Waals surface area contributed by atoms with E-state index in [9.17, 15) is 10.2 Å². The molecule has 3 N–H and O–H groups in total. The van der Waals surface area contributed by atoms with Gasteiger partial charge in [0.05, 0.1) is 12.8 Å². The summed E-state index contributed by atoms with van der Waals surface area (Å²) in [6.07, 6.45) is 2.15. The summed E-state index contributed by atoms with van der Waals surface area (Å²) in [7, 11) is 0. The van der Waals surface area contributed by atoms with E-state index in [-0.39, 0.29) is 6.61 Å². The van der Waals surface area contributed by atoms with Crippen molar-refractivity contribution in [3.63, 3.8) is 0 Å². The van der Waals surface area contributed by atoms with Crippen molar-refractivity contribution in [3.05, 3.63) is 12.4 Å². The first kappa shape index (κ1) is 12.8. The minimum atomic E-state index is -1.03. The largest absolute Gasteiger partial charge is 0.394 e. The van der Waals surface area contributed by atoms with Crippen molar-refractivity contribution in [3.8, 4) is 0 Å². The van der Waals surface area contributed by atoms with Crippen molar-refractivity contribution in [2.45, 2.75) is 29.8 Å². The number of aliphatic hydroxyl groups excluding tert-OH is 3. The number of nitrogens with zero attached hydrogens (tertiary/aromatic N) is 3. The molecule has 1 aromatic rings. The Kier molecular flexibility index (Phi) is 4.00. The third-order valence-corrected chi connectivity index (χ3v) is 3.68. The highest BCUT2D eigenvalue weighted by Crippen LogP contribution is 2.33. The van der Waals surface area contributed by atoms with Crippen LogP contribution in [0.1, 0.15) is 6.04 Å². The smallest absolute Gasteiger partial charge is 0.131 e. The summed E-state index contributed by atoms with van der Waals surface area (Å²) >= 11 is 1.32. The third-order valence-electron chi connectivity index (χ3n) is 2.83. The first-order valence-electron chi connectivity index (χ1n) is 5.20. The van der Waals surface area contributed by atoms with Crippen LogP contribution in [0.5, 0.6) is 0 Å². The van der Waals surface area contributed by atoms with E-state index in [0.29, 0.717) is 0 Å². The van der Waals surface area contributed by atoms with Crippen molar-refractivity contribution in [1.29, 1.82) is 0 Å². The van der Waals surface area contributed by atoms with Gasteiger partial charge >= 0.3 is 0 Å². The van der Waals surface area contributed by atoms with Gasteiger partial charge in [-0.2, -0.15) is 0 Å². The van der Waals surface area contributed by atoms with Gasteiger partial charge in [0.2, 0.25) is 0 Å². The molecule has 0 aliphatic carbocycles. The van der Waals surface area contributed by atoms with Crippen molar-refractivity contribution >= 4 is 11.8 Å². The van der Waals surface area contributed by atoms with Gasteiger partial charge in [-0.15, -0.1) is 16.9 Å². The minimum Gasteiger partial charge on any atom is -0.394 e. The first-order chi connectivity index (χ1) is 8.19. The lowest BCUT2D eigenvalue weighted by Crippen LogP contribution is -2.54. The average molecular weight is 261 g/mol. The Morgan fingerprint density at radius 3 is 2.71 bits per heavy atom. The molecule has 0 saturated carbocycles. The summed E-state index contributed by atoms with van der Waals surface area (Å²) in [4.78, 5) is 0. The van der Waals surface area contributed by atoms with E-state index >= 15 is 0 Å². The number of hydrogen-bond donors (Lipinski definition) is 3. The molecule has 1 unspecified atom stereocenters. The normalized spacial score (nSPS) is 38.2. The summed E-state index contributed by atoms with van der Waals surface area (Å²) < 4.78 is 6.78. The second-order valence-corrected chi connectivity index (χ2v) is 4.75. The molecule has 1 aliphatic rings. The Morgan fingerprint density at radius 2 is 2.18 bits per heavy atom. The van der Waals surface area contributed by atoms with Gasteiger partial charge in [0.25, 0.3) is 0 Å². The monoisotopic (exact) mass is 261 g/mol. The highest BCUT2D eigenvalue weighted by atomic mass is 32.2. The lowest BCUT2D eigenvalue weighted by Gasteiger charge is -2.41. The Hall–Kier alpha value is -0.670. The number of aliphatic hydroxyl groups is 3. The summed E-state index contributed by atoms with van der Waals surface area (Å²) in [5.41, 5.74) is -0.509. The maximum absolute atomic E-state index is 10.1. The maximum Gasteiger partial charge on any atom is 0.131 e. The van der Waals surface area contributed by atoms with Gasteiger partial charge in [-0.25, -0.2) is 4.68 Å². The zero-order valence-electron chi connectivity index (χ0n) is 9.25. The molecule has 0 bridgehead atoms. The molecular weight excluding hydrogens is 246 g/mol. The van der Waals surface area contributed by atoms with E-state index < -0.39 is 29.8 Å². The Morgan fingerprint density at radius 1 is 1.41 bits per heavy atom. The molecule has 1 fully saturated rings. The van der Waals surface area contributed by atoms with Crippen LogP contribution < -0.4 is 0 Å². The van der Waals surface area contributed by atoms with E-state index in [2.05, 4.69) is 10.3 Å². The zero-order chi connectivity index (χ0) is 12.4. The van der Waals surface area contributed by atoms with E-state index in [0.717, 1.165) is 0 Å². The molecule has 0 aromatic carbocycles. The summed E-state index contributed by atoms with van der Waals surface area (Å²) in [5, 5.41) is 36.7. The standard InChI is InChI=1S/C9H15N3O4S/c1-17-9-8(15)6(12-3-2-10-11-12)7(14)5(4-13)16-9/h2-3,5-9,13-15H,4H2,1H3/t5-,6+,7+,8-,9?/m1/s1. The molecule has 0 amide bonds. The Bertz CT molecular complexity index is 334. The fraction of sp³-hybridized carbons (Fsp3) is 0.778. The van der Waals surface area contributed by atoms with Crippen LogP contribution in [0, 0.1) is 0 Å². The lowest BCUT2D eigenvalue weighted by molar-refractivity contribution is -0.178. The van der Waals surface area contributed by atoms with Crippen LogP contribution in [0.2, 0.25) is 0 Å². The van der Waals surface area contributed by atoms with Crippen molar-refractivity contribution in [2.24, 2.45) is 0 Å². The lowest BCUT2D eigenvalue weighted by atomic mass is 9.97. The molecule has 0 spiro atoms. The van der Waals surface area contributed by atoms with Crippen molar-refractivity contribution < 1.29 is 20.1 Å². The number of thioether (sulfide) groups is 1. The van der Waals surface area contributed by atoms with Crippen LogP contribution in [-0.4, -0.2) is 66.9 Å². The van der Waals surface area contributed by atoms with Crippen LogP contribution in [0.4, 0.5) is 0 Å². The number of aromatic nitrogens is 3. The van der Waals surface area contributed by atoms with Crippen molar-refractivity contribution in [2.75, 3.05) is 12.9 Å². The molecule has 1 aliphatic heterocycles. The number of hydrogen-bond acceptors (Lipinski definition) is 7. The summed E-state index contributed by atoms with van der Waals surface area (Å²) in [6.45, 7) is -0.309. The molecule has 7 nitrogen and oxygen atoms in total. The molecule has 5 atom stereocenters. The highest BCUT2D eigenvalue weighted by Gasteiger charge is 2.45. The second kappa shape index (κ2) is 5.32. The first-order valence-corrected chi connectivity index (χ1v) is 6.49. The number of ether oxygens (including phenoxy) is 1. The van der Waals surface area contributed by atoms with E-state index in [1.807, 2.05) is 0 Å². The molecular formula is C9H15N3O4S. The van der Waals surface area contributed by atoms with Crippen molar-refractivity contribution in [1.82, 2.24) is 15.0 Å². The number of rotatable bonds is 3. The molecule has 96 valence electrons. The van der Waals surface area contributed by atoms with Crippen LogP contribution in [-0.2, 0) is 4.74 Å². The van der Waals surface area contributed by atoms with Gasteiger partial charge in [0, 0.05) is 6.20 Å². The molecule has 2 rings (SSSR count). The Balaban J connectivity index is 2.26. The molecule has 1 aromatic heterocycles. The van der Waals surface area contributed by atoms with Crippen LogP contribution in [0.15, 0.2) is 12.4 Å². The summed E-state index contributed by atoms with van der Waals surface area (Å²) in [6, 6.07) is -0.666. The van der Waals surface area contributed by atoms with E-state index in [1.165, 1.54) is 22.6 Å². The third kappa shape index (κ3) is 2.31. The predicted octanol–water partition coefficient (Wildman–Crippen LogP) is -1.38. The average Bonchev–Trinajstić information content (AvgIpc) is 2.83. The topological polar surface area (TPSA) is 101 Å². The molecule has 17 heavy (non-hydrogen) atoms.